The lowest BCUT2D eigenvalue weighted by atomic mass is 9.99. The average Bonchev–Trinajstić information content (AvgIpc) is 3.92. The minimum absolute atomic E-state index is 0.0272. The zero-order chi connectivity index (χ0) is 39.1. The SMILES string of the molecule is Cc1cc(Cl)ccc1-c1ccc2c(=O)n(-c3ccc(S(=O)(=O)N4CCOCC4)cc3)c([C@H](Cc3cc(F)cc(F)c3)NC(=O)Cn3ccc(C4CC4)n3)nc2c1. The molecular weight excluding hydrogens is 762 g/mol. The fraction of sp³-hybridized carbons (Fsp3) is 0.268. The number of fused-ring (bicyclic) bond motifs is 1. The molecule has 8 rings (SSSR count). The number of morpholine rings is 1. The van der Waals surface area contributed by atoms with E-state index in [0.717, 1.165) is 53.4 Å². The van der Waals surface area contributed by atoms with Gasteiger partial charge in [-0.25, -0.2) is 22.2 Å². The van der Waals surface area contributed by atoms with E-state index in [4.69, 9.17) is 21.3 Å². The number of sulfonamides is 1. The molecule has 11 nitrogen and oxygen atoms in total. The molecule has 1 aliphatic heterocycles. The number of ether oxygens (including phenoxy) is 1. The summed E-state index contributed by atoms with van der Waals surface area (Å²) in [5.74, 6) is -1.65. The van der Waals surface area contributed by atoms with Crippen molar-refractivity contribution in [3.63, 3.8) is 0 Å². The van der Waals surface area contributed by atoms with E-state index in [1.807, 2.05) is 25.1 Å². The maximum absolute atomic E-state index is 14.7. The summed E-state index contributed by atoms with van der Waals surface area (Å²) >= 11 is 6.24. The van der Waals surface area contributed by atoms with Crippen LogP contribution in [0.5, 0.6) is 0 Å². The highest BCUT2D eigenvalue weighted by molar-refractivity contribution is 7.89. The van der Waals surface area contributed by atoms with E-state index < -0.39 is 39.2 Å². The number of nitrogens with one attached hydrogen (secondary N) is 1. The number of carbonyl (C=O) groups excluding carboxylic acids is 1. The first-order valence-electron chi connectivity index (χ1n) is 18.2. The Morgan fingerprint density at radius 2 is 1.70 bits per heavy atom. The average molecular weight is 799 g/mol. The van der Waals surface area contributed by atoms with Crippen LogP contribution in [0.4, 0.5) is 8.78 Å². The number of nitrogens with zero attached hydrogens (tertiary/aromatic N) is 5. The molecule has 0 spiro atoms. The van der Waals surface area contributed by atoms with Crippen LogP contribution in [0.2, 0.25) is 5.02 Å². The summed E-state index contributed by atoms with van der Waals surface area (Å²) < 4.78 is 65.6. The summed E-state index contributed by atoms with van der Waals surface area (Å²) in [4.78, 5) is 33.5. The normalized spacial score (nSPS) is 15.6. The van der Waals surface area contributed by atoms with Gasteiger partial charge in [0.15, 0.2) is 0 Å². The lowest BCUT2D eigenvalue weighted by Gasteiger charge is -2.26. The third kappa shape index (κ3) is 7.87. The summed E-state index contributed by atoms with van der Waals surface area (Å²) in [6.45, 7) is 2.74. The van der Waals surface area contributed by atoms with Gasteiger partial charge in [0.1, 0.15) is 24.0 Å². The van der Waals surface area contributed by atoms with Crippen LogP contribution >= 0.6 is 11.6 Å². The van der Waals surface area contributed by atoms with Crippen LogP contribution < -0.4 is 10.9 Å². The van der Waals surface area contributed by atoms with Crippen LogP contribution in [-0.4, -0.2) is 64.3 Å². The van der Waals surface area contributed by atoms with Crippen molar-refractivity contribution in [2.45, 2.75) is 49.6 Å². The van der Waals surface area contributed by atoms with Crippen molar-refractivity contribution < 1.29 is 26.7 Å². The van der Waals surface area contributed by atoms with Gasteiger partial charge in [-0.1, -0.05) is 23.7 Å². The van der Waals surface area contributed by atoms with Gasteiger partial charge in [-0.15, -0.1) is 0 Å². The fourth-order valence-corrected chi connectivity index (χ4v) is 8.76. The van der Waals surface area contributed by atoms with Crippen molar-refractivity contribution in [1.29, 1.82) is 0 Å². The molecule has 1 amide bonds. The summed E-state index contributed by atoms with van der Waals surface area (Å²) in [5, 5.41) is 8.34. The first-order valence-corrected chi connectivity index (χ1v) is 20.0. The summed E-state index contributed by atoms with van der Waals surface area (Å²) in [6.07, 6.45) is 3.66. The predicted molar refractivity (Wildman–Crippen MR) is 207 cm³/mol. The van der Waals surface area contributed by atoms with Crippen molar-refractivity contribution in [3.05, 3.63) is 141 Å². The topological polar surface area (TPSA) is 128 Å². The van der Waals surface area contributed by atoms with Crippen molar-refractivity contribution in [3.8, 4) is 16.8 Å². The summed E-state index contributed by atoms with van der Waals surface area (Å²) in [5.41, 5.74) is 3.72. The smallest absolute Gasteiger partial charge is 0.266 e. The van der Waals surface area contributed by atoms with Crippen LogP contribution in [0.15, 0.2) is 101 Å². The Morgan fingerprint density at radius 1 is 0.964 bits per heavy atom. The van der Waals surface area contributed by atoms with Gasteiger partial charge in [0, 0.05) is 42.7 Å². The van der Waals surface area contributed by atoms with Crippen LogP contribution in [0.25, 0.3) is 27.7 Å². The highest BCUT2D eigenvalue weighted by Crippen LogP contribution is 2.39. The summed E-state index contributed by atoms with van der Waals surface area (Å²) in [6, 6.07) is 20.4. The van der Waals surface area contributed by atoms with Crippen LogP contribution in [0.3, 0.4) is 0 Å². The molecule has 6 aromatic rings. The first-order chi connectivity index (χ1) is 26.9. The molecule has 2 aromatic heterocycles. The van der Waals surface area contributed by atoms with Crippen molar-refractivity contribution in [2.24, 2.45) is 0 Å². The maximum atomic E-state index is 14.7. The van der Waals surface area contributed by atoms with Gasteiger partial charge in [0.2, 0.25) is 15.9 Å². The molecule has 0 radical (unpaired) electrons. The Balaban J connectivity index is 1.26. The number of hydrogen-bond acceptors (Lipinski definition) is 7. The molecule has 0 bridgehead atoms. The van der Waals surface area contributed by atoms with Gasteiger partial charge < -0.3 is 10.1 Å². The van der Waals surface area contributed by atoms with E-state index >= 15 is 0 Å². The number of amides is 1. The van der Waals surface area contributed by atoms with Gasteiger partial charge in [-0.2, -0.15) is 9.40 Å². The highest BCUT2D eigenvalue weighted by Gasteiger charge is 2.29. The second-order valence-corrected chi connectivity index (χ2v) is 16.5. The molecule has 0 unspecified atom stereocenters. The second-order valence-electron chi connectivity index (χ2n) is 14.1. The first kappa shape index (κ1) is 37.6. The molecule has 288 valence electrons. The van der Waals surface area contributed by atoms with E-state index in [1.54, 1.807) is 30.5 Å². The Labute approximate surface area is 326 Å². The molecule has 1 N–H and O–H groups in total. The van der Waals surface area contributed by atoms with Gasteiger partial charge in [0.05, 0.1) is 46.4 Å². The predicted octanol–water partition coefficient (Wildman–Crippen LogP) is 6.49. The molecule has 2 aliphatic rings. The second kappa shape index (κ2) is 15.3. The van der Waals surface area contributed by atoms with Crippen LogP contribution in [0.1, 0.15) is 47.4 Å². The number of rotatable bonds is 11. The quantitative estimate of drug-likeness (QED) is 0.159. The van der Waals surface area contributed by atoms with Crippen LogP contribution in [0, 0.1) is 18.6 Å². The standard InChI is InChI=1S/C41H37ClF2N6O5S/c1-25-18-29(42)5-11-34(25)28-4-10-35-37(22-28)46-40(50(41(35)52)32-6-8-33(9-7-32)56(53,54)49-14-16-55-17-15-49)38(21-26-19-30(43)23-31(44)20-26)45-39(51)24-48-13-12-36(47-48)27-2-3-27/h4-13,18-20,22-23,27,38H,2-3,14-17,21,24H2,1H3,(H,45,51)/t38-/m0/s1. The van der Waals surface area contributed by atoms with Crippen molar-refractivity contribution in [1.82, 2.24) is 29.0 Å². The highest BCUT2D eigenvalue weighted by atomic mass is 35.5. The van der Waals surface area contributed by atoms with E-state index in [0.29, 0.717) is 16.5 Å². The molecular formula is C41H37ClF2N6O5S. The fourth-order valence-electron chi connectivity index (χ4n) is 7.13. The molecule has 15 heteroatoms. The Hall–Kier alpha value is -5.28. The largest absolute Gasteiger partial charge is 0.379 e. The van der Waals surface area contributed by atoms with E-state index in [9.17, 15) is 26.8 Å². The minimum Gasteiger partial charge on any atom is -0.379 e. The molecule has 56 heavy (non-hydrogen) atoms. The Kier molecular flexibility index (Phi) is 10.3. The number of aryl methyl sites for hydroxylation is 1. The summed E-state index contributed by atoms with van der Waals surface area (Å²) in [7, 11) is -3.86. The zero-order valence-electron chi connectivity index (χ0n) is 30.3. The number of hydrogen-bond donors (Lipinski definition) is 1. The van der Waals surface area contributed by atoms with Crippen molar-refractivity contribution >= 4 is 38.4 Å². The van der Waals surface area contributed by atoms with E-state index in [2.05, 4.69) is 10.4 Å². The lowest BCUT2D eigenvalue weighted by molar-refractivity contribution is -0.122. The van der Waals surface area contributed by atoms with Gasteiger partial charge in [-0.3, -0.25) is 18.8 Å². The molecule has 3 heterocycles. The molecule has 1 saturated carbocycles. The van der Waals surface area contributed by atoms with Crippen molar-refractivity contribution in [2.75, 3.05) is 26.3 Å². The number of benzene rings is 4. The molecule has 1 atom stereocenters. The maximum Gasteiger partial charge on any atom is 0.266 e. The van der Waals surface area contributed by atoms with Crippen LogP contribution in [-0.2, 0) is 32.5 Å². The molecule has 4 aromatic carbocycles. The third-order valence-corrected chi connectivity index (χ3v) is 12.2. The Bertz CT molecular complexity index is 2620. The monoisotopic (exact) mass is 798 g/mol. The van der Waals surface area contributed by atoms with Gasteiger partial charge >= 0.3 is 0 Å². The number of halogens is 3. The van der Waals surface area contributed by atoms with Gasteiger partial charge in [-0.05, 0) is 109 Å². The third-order valence-electron chi connectivity index (χ3n) is 10.1. The zero-order valence-corrected chi connectivity index (χ0v) is 31.9. The number of aromatic nitrogens is 4. The molecule has 1 aliphatic carbocycles. The van der Waals surface area contributed by atoms with E-state index in [-0.39, 0.29) is 66.6 Å². The molecule has 2 fully saturated rings. The van der Waals surface area contributed by atoms with Gasteiger partial charge in [0.25, 0.3) is 5.56 Å². The Morgan fingerprint density at radius 3 is 2.39 bits per heavy atom. The van der Waals surface area contributed by atoms with E-state index in [1.165, 1.54) is 37.8 Å². The lowest BCUT2D eigenvalue weighted by Crippen LogP contribution is -2.40. The molecule has 1 saturated heterocycles. The number of carbonyl (C=O) groups is 1. The minimum atomic E-state index is -3.86.